The van der Waals surface area contributed by atoms with Gasteiger partial charge in [0.15, 0.2) is 0 Å². The lowest BCUT2D eigenvalue weighted by molar-refractivity contribution is -0.140. The largest absolute Gasteiger partial charge is 0.497 e. The van der Waals surface area contributed by atoms with Crippen LogP contribution in [0.4, 0.5) is 0 Å². The minimum absolute atomic E-state index is 0. The number of ether oxygens (including phenoxy) is 1. The van der Waals surface area contributed by atoms with Crippen LogP contribution in [0.2, 0.25) is 0 Å². The maximum absolute atomic E-state index is 13.6. The van der Waals surface area contributed by atoms with Gasteiger partial charge in [-0.15, -0.1) is 12.4 Å². The van der Waals surface area contributed by atoms with E-state index in [0.29, 0.717) is 11.9 Å². The molecule has 0 radical (unpaired) electrons. The fraction of sp³-hybridized carbons (Fsp3) is 0.650. The molecule has 1 atom stereocenters. The van der Waals surface area contributed by atoms with Crippen molar-refractivity contribution in [3.05, 3.63) is 29.8 Å². The lowest BCUT2D eigenvalue weighted by Crippen LogP contribution is -2.54. The SMILES string of the molecule is CNC1CCCN(C(=O)C2(c3ccc(OC)cc3)CCCCC2)C1.Cl. The van der Waals surface area contributed by atoms with E-state index in [2.05, 4.69) is 22.3 Å². The molecule has 3 rings (SSSR count). The molecular formula is C20H31ClN2O2. The number of amides is 1. The van der Waals surface area contributed by atoms with Crippen LogP contribution in [0, 0.1) is 0 Å². The van der Waals surface area contributed by atoms with Crippen molar-refractivity contribution >= 4 is 18.3 Å². The Kier molecular flexibility index (Phi) is 7.14. The minimum atomic E-state index is -0.333. The Bertz CT molecular complexity index is 555. The third kappa shape index (κ3) is 4.12. The van der Waals surface area contributed by atoms with Gasteiger partial charge >= 0.3 is 0 Å². The first kappa shape index (κ1) is 20.1. The molecule has 0 spiro atoms. The highest BCUT2D eigenvalue weighted by atomic mass is 35.5. The number of nitrogens with one attached hydrogen (secondary N) is 1. The van der Waals surface area contributed by atoms with Crippen molar-refractivity contribution in [2.24, 2.45) is 0 Å². The summed E-state index contributed by atoms with van der Waals surface area (Å²) in [6, 6.07) is 8.61. The monoisotopic (exact) mass is 366 g/mol. The molecule has 25 heavy (non-hydrogen) atoms. The predicted octanol–water partition coefficient (Wildman–Crippen LogP) is 3.53. The molecule has 1 unspecified atom stereocenters. The van der Waals surface area contributed by atoms with Crippen LogP contribution in [0.15, 0.2) is 24.3 Å². The molecule has 1 N–H and O–H groups in total. The molecule has 1 heterocycles. The first-order chi connectivity index (χ1) is 11.7. The van der Waals surface area contributed by atoms with Gasteiger partial charge in [-0.1, -0.05) is 31.4 Å². The van der Waals surface area contributed by atoms with Gasteiger partial charge in [-0.05, 0) is 50.4 Å². The van der Waals surface area contributed by atoms with Gasteiger partial charge in [0.05, 0.1) is 12.5 Å². The maximum Gasteiger partial charge on any atom is 0.233 e. The van der Waals surface area contributed by atoms with Gasteiger partial charge in [-0.2, -0.15) is 0 Å². The van der Waals surface area contributed by atoms with E-state index in [0.717, 1.165) is 57.4 Å². The molecule has 1 aliphatic heterocycles. The zero-order valence-corrected chi connectivity index (χ0v) is 16.2. The lowest BCUT2D eigenvalue weighted by Gasteiger charge is -2.43. The van der Waals surface area contributed by atoms with E-state index in [1.54, 1.807) is 7.11 Å². The van der Waals surface area contributed by atoms with Gasteiger partial charge in [0.25, 0.3) is 0 Å². The van der Waals surface area contributed by atoms with Crippen molar-refractivity contribution < 1.29 is 9.53 Å². The third-order valence-electron chi connectivity index (χ3n) is 5.88. The third-order valence-corrected chi connectivity index (χ3v) is 5.88. The molecule has 0 bridgehead atoms. The van der Waals surface area contributed by atoms with Crippen molar-refractivity contribution in [3.63, 3.8) is 0 Å². The van der Waals surface area contributed by atoms with Gasteiger partial charge in [-0.25, -0.2) is 0 Å². The van der Waals surface area contributed by atoms with Gasteiger partial charge in [0.2, 0.25) is 5.91 Å². The number of carbonyl (C=O) groups excluding carboxylic acids is 1. The Balaban J connectivity index is 0.00000225. The Labute approximate surface area is 157 Å². The highest BCUT2D eigenvalue weighted by Gasteiger charge is 2.44. The number of piperidine rings is 1. The Morgan fingerprint density at radius 3 is 2.44 bits per heavy atom. The number of hydrogen-bond acceptors (Lipinski definition) is 3. The number of benzene rings is 1. The van der Waals surface area contributed by atoms with Crippen LogP contribution in [-0.2, 0) is 10.2 Å². The van der Waals surface area contributed by atoms with Crippen molar-refractivity contribution in [2.45, 2.75) is 56.4 Å². The van der Waals surface area contributed by atoms with Gasteiger partial charge in [0, 0.05) is 19.1 Å². The first-order valence-corrected chi connectivity index (χ1v) is 9.31. The summed E-state index contributed by atoms with van der Waals surface area (Å²) in [6.07, 6.45) is 7.72. The summed E-state index contributed by atoms with van der Waals surface area (Å²) in [5, 5.41) is 3.35. The van der Waals surface area contributed by atoms with Crippen LogP contribution in [0.3, 0.4) is 0 Å². The molecule has 2 aliphatic rings. The second-order valence-corrected chi connectivity index (χ2v) is 7.25. The molecule has 140 valence electrons. The number of hydrogen-bond donors (Lipinski definition) is 1. The van der Waals surface area contributed by atoms with Crippen LogP contribution in [0.25, 0.3) is 0 Å². The molecule has 1 aliphatic carbocycles. The fourth-order valence-corrected chi connectivity index (χ4v) is 4.39. The summed E-state index contributed by atoms with van der Waals surface area (Å²) in [5.74, 6) is 1.19. The molecule has 2 fully saturated rings. The van der Waals surface area contributed by atoms with Crippen molar-refractivity contribution in [1.29, 1.82) is 0 Å². The van der Waals surface area contributed by atoms with Crippen molar-refractivity contribution in [2.75, 3.05) is 27.2 Å². The Hall–Kier alpha value is -1.26. The molecule has 1 saturated heterocycles. The van der Waals surface area contributed by atoms with Crippen LogP contribution in [0.5, 0.6) is 5.75 Å². The standard InChI is InChI=1S/C20H30N2O2.ClH/c1-21-17-7-6-14-22(15-17)19(23)20(12-4-3-5-13-20)16-8-10-18(24-2)11-9-16;/h8-11,17,21H,3-7,12-15H2,1-2H3;1H. The highest BCUT2D eigenvalue weighted by molar-refractivity contribution is 5.88. The Morgan fingerprint density at radius 1 is 1.16 bits per heavy atom. The molecular weight excluding hydrogens is 336 g/mol. The normalized spacial score (nSPS) is 22.8. The van der Waals surface area contributed by atoms with Gasteiger partial charge < -0.3 is 15.0 Å². The summed E-state index contributed by atoms with van der Waals surface area (Å²) in [5.41, 5.74) is 0.833. The van der Waals surface area contributed by atoms with Gasteiger partial charge in [-0.3, -0.25) is 4.79 Å². The zero-order chi connectivity index (χ0) is 17.0. The number of likely N-dealkylation sites (N-methyl/N-ethyl adjacent to an activating group) is 1. The van der Waals surface area contributed by atoms with Crippen molar-refractivity contribution in [1.82, 2.24) is 10.2 Å². The number of carbonyl (C=O) groups is 1. The molecule has 5 heteroatoms. The first-order valence-electron chi connectivity index (χ1n) is 9.31. The van der Waals surface area contributed by atoms with Crippen LogP contribution in [0.1, 0.15) is 50.5 Å². The van der Waals surface area contributed by atoms with E-state index < -0.39 is 0 Å². The quantitative estimate of drug-likeness (QED) is 0.886. The van der Waals surface area contributed by atoms with Crippen LogP contribution in [-0.4, -0.2) is 44.1 Å². The minimum Gasteiger partial charge on any atom is -0.497 e. The molecule has 1 aromatic rings. The van der Waals surface area contributed by atoms with Crippen LogP contribution >= 0.6 is 12.4 Å². The van der Waals surface area contributed by atoms with E-state index in [4.69, 9.17) is 4.74 Å². The zero-order valence-electron chi connectivity index (χ0n) is 15.4. The fourth-order valence-electron chi connectivity index (χ4n) is 4.39. The number of nitrogens with zero attached hydrogens (tertiary/aromatic N) is 1. The second kappa shape index (κ2) is 8.91. The highest BCUT2D eigenvalue weighted by Crippen LogP contribution is 2.42. The molecule has 1 saturated carbocycles. The molecule has 1 amide bonds. The van der Waals surface area contributed by atoms with E-state index >= 15 is 0 Å². The smallest absolute Gasteiger partial charge is 0.233 e. The van der Waals surface area contributed by atoms with Crippen LogP contribution < -0.4 is 10.1 Å². The summed E-state index contributed by atoms with van der Waals surface area (Å²) in [4.78, 5) is 15.7. The van der Waals surface area contributed by atoms with E-state index in [1.165, 1.54) is 12.0 Å². The molecule has 0 aromatic heterocycles. The number of likely N-dealkylation sites (tertiary alicyclic amines) is 1. The lowest BCUT2D eigenvalue weighted by atomic mass is 9.68. The topological polar surface area (TPSA) is 41.6 Å². The molecule has 1 aromatic carbocycles. The number of methoxy groups -OCH3 is 1. The number of rotatable bonds is 4. The van der Waals surface area contributed by atoms with Gasteiger partial charge in [0.1, 0.15) is 5.75 Å². The molecule has 4 nitrogen and oxygen atoms in total. The summed E-state index contributed by atoms with van der Waals surface area (Å²) in [6.45, 7) is 1.74. The average Bonchev–Trinajstić information content (AvgIpc) is 2.68. The average molecular weight is 367 g/mol. The number of halogens is 1. The Morgan fingerprint density at radius 2 is 1.84 bits per heavy atom. The van der Waals surface area contributed by atoms with Crippen molar-refractivity contribution in [3.8, 4) is 5.75 Å². The summed E-state index contributed by atoms with van der Waals surface area (Å²) in [7, 11) is 3.68. The second-order valence-electron chi connectivity index (χ2n) is 7.25. The predicted molar refractivity (Wildman–Crippen MR) is 104 cm³/mol. The maximum atomic E-state index is 13.6. The van der Waals surface area contributed by atoms with E-state index in [-0.39, 0.29) is 17.8 Å². The van der Waals surface area contributed by atoms with E-state index in [9.17, 15) is 4.79 Å². The summed E-state index contributed by atoms with van der Waals surface area (Å²) >= 11 is 0. The summed E-state index contributed by atoms with van der Waals surface area (Å²) < 4.78 is 5.29. The van der Waals surface area contributed by atoms with E-state index in [1.807, 2.05) is 19.2 Å².